The number of carbonyl (C=O) groups is 2. The second kappa shape index (κ2) is 10.9. The average Bonchev–Trinajstić information content (AvgIpc) is 3.25. The maximum atomic E-state index is 12.8. The summed E-state index contributed by atoms with van der Waals surface area (Å²) in [6.45, 7) is 1.81. The van der Waals surface area contributed by atoms with Gasteiger partial charge in [0.2, 0.25) is 5.91 Å². The zero-order valence-electron chi connectivity index (χ0n) is 18.4. The molecule has 1 aromatic heterocycles. The van der Waals surface area contributed by atoms with E-state index in [1.165, 1.54) is 18.9 Å². The van der Waals surface area contributed by atoms with Crippen LogP contribution in [0, 0.1) is 5.92 Å². The quantitative estimate of drug-likeness (QED) is 0.358. The van der Waals surface area contributed by atoms with Gasteiger partial charge in [0, 0.05) is 18.1 Å². The number of nitrogens with zero attached hydrogens (tertiary/aromatic N) is 3. The summed E-state index contributed by atoms with van der Waals surface area (Å²) in [5, 5.41) is 1.48. The Bertz CT molecular complexity index is 1090. The lowest BCUT2D eigenvalue weighted by molar-refractivity contribution is -0.148. The maximum absolute atomic E-state index is 12.8. The molecule has 1 fully saturated rings. The van der Waals surface area contributed by atoms with Gasteiger partial charge >= 0.3 is 5.97 Å². The molecule has 8 heteroatoms. The van der Waals surface area contributed by atoms with E-state index in [9.17, 15) is 9.59 Å². The van der Waals surface area contributed by atoms with Crippen molar-refractivity contribution in [3.63, 3.8) is 0 Å². The Labute approximate surface area is 202 Å². The van der Waals surface area contributed by atoms with E-state index in [1.54, 1.807) is 0 Å². The first kappa shape index (κ1) is 23.4. The van der Waals surface area contributed by atoms with Crippen molar-refractivity contribution in [1.82, 2.24) is 14.5 Å². The van der Waals surface area contributed by atoms with Crippen LogP contribution in [0.2, 0.25) is 5.02 Å². The molecule has 0 atom stereocenters. The normalized spacial score (nSPS) is 14.3. The lowest BCUT2D eigenvalue weighted by Crippen LogP contribution is -2.41. The van der Waals surface area contributed by atoms with Gasteiger partial charge in [0.15, 0.2) is 5.16 Å². The Balaban J connectivity index is 1.47. The van der Waals surface area contributed by atoms with E-state index in [2.05, 4.69) is 21.7 Å². The molecule has 1 amide bonds. The van der Waals surface area contributed by atoms with Crippen LogP contribution in [0.1, 0.15) is 18.4 Å². The lowest BCUT2D eigenvalue weighted by atomic mass is 9.97. The summed E-state index contributed by atoms with van der Waals surface area (Å²) in [5.41, 5.74) is 3.15. The summed E-state index contributed by atoms with van der Waals surface area (Å²) in [7, 11) is 1.41. The van der Waals surface area contributed by atoms with Crippen molar-refractivity contribution in [1.29, 1.82) is 0 Å². The lowest BCUT2D eigenvalue weighted by Gasteiger charge is -2.30. The van der Waals surface area contributed by atoms with Crippen molar-refractivity contribution in [2.45, 2.75) is 24.5 Å². The fourth-order valence-electron chi connectivity index (χ4n) is 3.99. The minimum absolute atomic E-state index is 0.0608. The zero-order chi connectivity index (χ0) is 23.2. The van der Waals surface area contributed by atoms with Gasteiger partial charge in [0.05, 0.1) is 37.2 Å². The third-order valence-electron chi connectivity index (χ3n) is 5.85. The molecule has 1 aliphatic rings. The van der Waals surface area contributed by atoms with Crippen molar-refractivity contribution in [3.8, 4) is 11.3 Å². The van der Waals surface area contributed by atoms with Gasteiger partial charge in [-0.1, -0.05) is 65.8 Å². The molecule has 33 heavy (non-hydrogen) atoms. The van der Waals surface area contributed by atoms with Crippen LogP contribution in [-0.2, 0) is 20.9 Å². The summed E-state index contributed by atoms with van der Waals surface area (Å²) in [6.07, 6.45) is 3.14. The predicted octanol–water partition coefficient (Wildman–Crippen LogP) is 4.76. The number of aromatic nitrogens is 2. The highest BCUT2D eigenvalue weighted by Crippen LogP contribution is 2.29. The van der Waals surface area contributed by atoms with E-state index in [-0.39, 0.29) is 17.8 Å². The molecule has 6 nitrogen and oxygen atoms in total. The molecule has 172 valence electrons. The topological polar surface area (TPSA) is 64.4 Å². The molecule has 0 spiro atoms. The van der Waals surface area contributed by atoms with Gasteiger partial charge in [0.1, 0.15) is 0 Å². The number of carbonyl (C=O) groups excluding carboxylic acids is 2. The first-order chi connectivity index (χ1) is 16.0. The molecule has 3 aromatic rings. The minimum Gasteiger partial charge on any atom is -0.469 e. The SMILES string of the molecule is COC(=O)C1CCN(C(=O)CSc2ncc(-c3ccc(Cl)cc3)n2Cc2ccccc2)CC1. The van der Waals surface area contributed by atoms with Crippen molar-refractivity contribution in [3.05, 3.63) is 71.4 Å². The van der Waals surface area contributed by atoms with Crippen LogP contribution in [0.15, 0.2) is 66.0 Å². The number of benzene rings is 2. The minimum atomic E-state index is -0.186. The fourth-order valence-corrected chi connectivity index (χ4v) is 5.00. The third kappa shape index (κ3) is 5.78. The van der Waals surface area contributed by atoms with Gasteiger partial charge in [-0.3, -0.25) is 9.59 Å². The Morgan fingerprint density at radius 2 is 1.79 bits per heavy atom. The summed E-state index contributed by atoms with van der Waals surface area (Å²) >= 11 is 7.51. The van der Waals surface area contributed by atoms with E-state index in [0.29, 0.717) is 43.3 Å². The number of esters is 1. The molecule has 0 radical (unpaired) electrons. The van der Waals surface area contributed by atoms with Gasteiger partial charge in [-0.2, -0.15) is 0 Å². The van der Waals surface area contributed by atoms with Crippen molar-refractivity contribution in [2.75, 3.05) is 26.0 Å². The summed E-state index contributed by atoms with van der Waals surface area (Å²) in [4.78, 5) is 31.0. The van der Waals surface area contributed by atoms with Crippen molar-refractivity contribution >= 4 is 35.2 Å². The smallest absolute Gasteiger partial charge is 0.308 e. The second-order valence-electron chi connectivity index (χ2n) is 7.97. The van der Waals surface area contributed by atoms with Crippen LogP contribution < -0.4 is 0 Å². The number of imidazole rings is 1. The number of ether oxygens (including phenoxy) is 1. The van der Waals surface area contributed by atoms with E-state index >= 15 is 0 Å². The predicted molar refractivity (Wildman–Crippen MR) is 130 cm³/mol. The molecular formula is C25H26ClN3O3S. The molecule has 2 heterocycles. The third-order valence-corrected chi connectivity index (χ3v) is 7.08. The first-order valence-electron chi connectivity index (χ1n) is 10.9. The monoisotopic (exact) mass is 483 g/mol. The summed E-state index contributed by atoms with van der Waals surface area (Å²) in [5.74, 6) is 0.0625. The number of likely N-dealkylation sites (tertiary alicyclic amines) is 1. The number of hydrogen-bond acceptors (Lipinski definition) is 5. The molecule has 2 aromatic carbocycles. The van der Waals surface area contributed by atoms with Gasteiger partial charge in [-0.15, -0.1) is 0 Å². The number of hydrogen-bond donors (Lipinski definition) is 0. The molecule has 1 aliphatic heterocycles. The van der Waals surface area contributed by atoms with Crippen LogP contribution in [0.25, 0.3) is 11.3 Å². The summed E-state index contributed by atoms with van der Waals surface area (Å²) < 4.78 is 6.97. The molecule has 4 rings (SSSR count). The largest absolute Gasteiger partial charge is 0.469 e. The first-order valence-corrected chi connectivity index (χ1v) is 12.3. The van der Waals surface area contributed by atoms with Crippen LogP contribution in [-0.4, -0.2) is 52.3 Å². The Morgan fingerprint density at radius 3 is 2.45 bits per heavy atom. The maximum Gasteiger partial charge on any atom is 0.308 e. The van der Waals surface area contributed by atoms with E-state index in [0.717, 1.165) is 22.0 Å². The average molecular weight is 484 g/mol. The highest BCUT2D eigenvalue weighted by Gasteiger charge is 2.28. The molecular weight excluding hydrogens is 458 g/mol. The zero-order valence-corrected chi connectivity index (χ0v) is 20.0. The Hall–Kier alpha value is -2.77. The molecule has 0 saturated carbocycles. The summed E-state index contributed by atoms with van der Waals surface area (Å²) in [6, 6.07) is 17.9. The van der Waals surface area contributed by atoms with Crippen LogP contribution in [0.4, 0.5) is 0 Å². The molecule has 0 N–H and O–H groups in total. The van der Waals surface area contributed by atoms with Gasteiger partial charge in [-0.25, -0.2) is 4.98 Å². The number of methoxy groups -OCH3 is 1. The number of piperidine rings is 1. The highest BCUT2D eigenvalue weighted by molar-refractivity contribution is 7.99. The Morgan fingerprint density at radius 1 is 1.09 bits per heavy atom. The fraction of sp³-hybridized carbons (Fsp3) is 0.320. The Kier molecular flexibility index (Phi) is 7.73. The molecule has 1 saturated heterocycles. The standard InChI is InChI=1S/C25H26ClN3O3S/c1-32-24(31)20-11-13-28(14-12-20)23(30)17-33-25-27-15-22(19-7-9-21(26)10-8-19)29(25)16-18-5-3-2-4-6-18/h2-10,15,20H,11-14,16-17H2,1H3. The van der Waals surface area contributed by atoms with Crippen molar-refractivity contribution in [2.24, 2.45) is 5.92 Å². The van der Waals surface area contributed by atoms with Gasteiger partial charge in [0.25, 0.3) is 0 Å². The number of amides is 1. The number of rotatable bonds is 7. The number of thioether (sulfide) groups is 1. The van der Waals surface area contributed by atoms with Gasteiger partial charge < -0.3 is 14.2 Å². The molecule has 0 unspecified atom stereocenters. The van der Waals surface area contributed by atoms with E-state index in [4.69, 9.17) is 16.3 Å². The van der Waals surface area contributed by atoms with Crippen LogP contribution in [0.5, 0.6) is 0 Å². The van der Waals surface area contributed by atoms with Crippen LogP contribution in [0.3, 0.4) is 0 Å². The molecule has 0 aliphatic carbocycles. The second-order valence-corrected chi connectivity index (χ2v) is 9.35. The highest BCUT2D eigenvalue weighted by atomic mass is 35.5. The van der Waals surface area contributed by atoms with Crippen LogP contribution >= 0.6 is 23.4 Å². The van der Waals surface area contributed by atoms with E-state index in [1.807, 2.05) is 53.6 Å². The van der Waals surface area contributed by atoms with E-state index < -0.39 is 0 Å². The molecule has 0 bridgehead atoms. The van der Waals surface area contributed by atoms with Crippen molar-refractivity contribution < 1.29 is 14.3 Å². The number of halogens is 1. The van der Waals surface area contributed by atoms with Gasteiger partial charge in [-0.05, 0) is 36.1 Å².